The van der Waals surface area contributed by atoms with Crippen LogP contribution < -0.4 is 0 Å². The Kier molecular flexibility index (Phi) is 2.59. The summed E-state index contributed by atoms with van der Waals surface area (Å²) >= 11 is 1.68. The standard InChI is InChI=1S/C13H12O4S/c14-11(15)9-5-13(17-12(9)16)7-18-6-8-3-1-2-4-10(8)13/h1-4,9H,5-7H2,(H,14,15). The molecule has 1 N–H and O–H groups in total. The Morgan fingerprint density at radius 3 is 2.94 bits per heavy atom. The summed E-state index contributed by atoms with van der Waals surface area (Å²) in [6.45, 7) is 0. The van der Waals surface area contributed by atoms with Crippen LogP contribution in [-0.4, -0.2) is 22.8 Å². The molecule has 2 atom stereocenters. The van der Waals surface area contributed by atoms with Gasteiger partial charge in [-0.2, -0.15) is 11.8 Å². The Morgan fingerprint density at radius 1 is 1.44 bits per heavy atom. The van der Waals surface area contributed by atoms with Gasteiger partial charge in [0, 0.05) is 23.5 Å². The van der Waals surface area contributed by atoms with Crippen LogP contribution in [0, 0.1) is 5.92 Å². The number of hydrogen-bond acceptors (Lipinski definition) is 4. The molecular formula is C13H12O4S. The molecule has 0 saturated carbocycles. The monoisotopic (exact) mass is 264 g/mol. The molecule has 3 rings (SSSR count). The lowest BCUT2D eigenvalue weighted by Crippen LogP contribution is -2.32. The molecule has 1 aromatic rings. The SMILES string of the molecule is O=C(O)C1CC2(CSCc3ccccc32)OC1=O. The molecule has 1 saturated heterocycles. The Hall–Kier alpha value is -1.49. The van der Waals surface area contributed by atoms with Crippen LogP contribution in [0.1, 0.15) is 17.5 Å². The van der Waals surface area contributed by atoms with Gasteiger partial charge in [0.05, 0.1) is 0 Å². The number of hydrogen-bond donors (Lipinski definition) is 1. The third-order valence-electron chi connectivity index (χ3n) is 3.51. The van der Waals surface area contributed by atoms with Gasteiger partial charge in [-0.25, -0.2) is 0 Å². The van der Waals surface area contributed by atoms with Gasteiger partial charge in [-0.3, -0.25) is 9.59 Å². The molecule has 0 bridgehead atoms. The second-order valence-electron chi connectivity index (χ2n) is 4.66. The Balaban J connectivity index is 2.04. The van der Waals surface area contributed by atoms with E-state index in [9.17, 15) is 9.59 Å². The number of carboxylic acids is 1. The second-order valence-corrected chi connectivity index (χ2v) is 5.65. The smallest absolute Gasteiger partial charge is 0.321 e. The molecule has 2 unspecified atom stereocenters. The highest BCUT2D eigenvalue weighted by atomic mass is 32.2. The van der Waals surface area contributed by atoms with Crippen LogP contribution in [0.2, 0.25) is 0 Å². The number of ether oxygens (including phenoxy) is 1. The van der Waals surface area contributed by atoms with E-state index in [1.165, 1.54) is 0 Å². The van der Waals surface area contributed by atoms with Crippen molar-refractivity contribution in [2.45, 2.75) is 17.8 Å². The van der Waals surface area contributed by atoms with Gasteiger partial charge in [0.2, 0.25) is 0 Å². The van der Waals surface area contributed by atoms with Gasteiger partial charge in [-0.15, -0.1) is 0 Å². The molecule has 2 aliphatic heterocycles. The number of esters is 1. The Bertz CT molecular complexity index is 527. The third kappa shape index (κ3) is 1.61. The number of thioether (sulfide) groups is 1. The largest absolute Gasteiger partial charge is 0.481 e. The van der Waals surface area contributed by atoms with Crippen molar-refractivity contribution in [2.24, 2.45) is 5.92 Å². The van der Waals surface area contributed by atoms with E-state index in [1.54, 1.807) is 11.8 Å². The summed E-state index contributed by atoms with van der Waals surface area (Å²) in [5.74, 6) is -1.21. The summed E-state index contributed by atoms with van der Waals surface area (Å²) in [7, 11) is 0. The fraction of sp³-hybridized carbons (Fsp3) is 0.385. The molecule has 5 heteroatoms. The quantitative estimate of drug-likeness (QED) is 0.618. The number of aliphatic carboxylic acids is 1. The second kappa shape index (κ2) is 4.02. The maximum Gasteiger partial charge on any atom is 0.321 e. The van der Waals surface area contributed by atoms with E-state index in [4.69, 9.17) is 9.84 Å². The first-order valence-electron chi connectivity index (χ1n) is 5.74. The van der Waals surface area contributed by atoms with E-state index < -0.39 is 23.5 Å². The first kappa shape index (κ1) is 11.6. The van der Waals surface area contributed by atoms with Crippen molar-refractivity contribution < 1.29 is 19.4 Å². The molecule has 2 heterocycles. The van der Waals surface area contributed by atoms with Gasteiger partial charge in [-0.05, 0) is 5.56 Å². The number of fused-ring (bicyclic) bond motifs is 2. The highest BCUT2D eigenvalue weighted by Gasteiger charge is 2.52. The first-order valence-corrected chi connectivity index (χ1v) is 6.90. The van der Waals surface area contributed by atoms with Crippen LogP contribution in [0.25, 0.3) is 0 Å². The van der Waals surface area contributed by atoms with Crippen molar-refractivity contribution in [3.63, 3.8) is 0 Å². The van der Waals surface area contributed by atoms with Gasteiger partial charge in [0.1, 0.15) is 5.60 Å². The summed E-state index contributed by atoms with van der Waals surface area (Å²) in [5, 5.41) is 9.04. The zero-order chi connectivity index (χ0) is 12.8. The predicted molar refractivity (Wildman–Crippen MR) is 66.1 cm³/mol. The van der Waals surface area contributed by atoms with Crippen LogP contribution >= 0.6 is 11.8 Å². The number of carbonyl (C=O) groups excluding carboxylic acids is 1. The van der Waals surface area contributed by atoms with E-state index in [2.05, 4.69) is 0 Å². The molecule has 94 valence electrons. The summed E-state index contributed by atoms with van der Waals surface area (Å²) < 4.78 is 5.45. The van der Waals surface area contributed by atoms with E-state index in [-0.39, 0.29) is 6.42 Å². The highest BCUT2D eigenvalue weighted by molar-refractivity contribution is 7.98. The van der Waals surface area contributed by atoms with Crippen LogP contribution in [0.5, 0.6) is 0 Å². The summed E-state index contributed by atoms with van der Waals surface area (Å²) in [6, 6.07) is 7.79. The average molecular weight is 264 g/mol. The van der Waals surface area contributed by atoms with Crippen molar-refractivity contribution in [3.05, 3.63) is 35.4 Å². The minimum Gasteiger partial charge on any atom is -0.481 e. The number of rotatable bonds is 1. The predicted octanol–water partition coefficient (Wildman–Crippen LogP) is 1.78. The van der Waals surface area contributed by atoms with E-state index in [0.717, 1.165) is 16.9 Å². The molecule has 4 nitrogen and oxygen atoms in total. The van der Waals surface area contributed by atoms with Gasteiger partial charge < -0.3 is 9.84 Å². The van der Waals surface area contributed by atoms with E-state index >= 15 is 0 Å². The lowest BCUT2D eigenvalue weighted by Gasteiger charge is -2.33. The maximum absolute atomic E-state index is 11.7. The Labute approximate surface area is 108 Å². The molecule has 18 heavy (non-hydrogen) atoms. The van der Waals surface area contributed by atoms with Gasteiger partial charge in [-0.1, -0.05) is 24.3 Å². The van der Waals surface area contributed by atoms with Crippen LogP contribution in [-0.2, 0) is 25.7 Å². The van der Waals surface area contributed by atoms with Crippen molar-refractivity contribution in [1.82, 2.24) is 0 Å². The van der Waals surface area contributed by atoms with Crippen LogP contribution in [0.4, 0.5) is 0 Å². The third-order valence-corrected chi connectivity index (χ3v) is 4.70. The lowest BCUT2D eigenvalue weighted by molar-refractivity contribution is -0.155. The molecule has 0 radical (unpaired) electrons. The first-order chi connectivity index (χ1) is 8.62. The average Bonchev–Trinajstić information content (AvgIpc) is 2.68. The minimum atomic E-state index is -1.09. The summed E-state index contributed by atoms with van der Waals surface area (Å²) in [4.78, 5) is 22.7. The normalized spacial score (nSPS) is 30.0. The molecular weight excluding hydrogens is 252 g/mol. The molecule has 1 aromatic carbocycles. The maximum atomic E-state index is 11.7. The highest BCUT2D eigenvalue weighted by Crippen LogP contribution is 2.47. The molecule has 0 amide bonds. The zero-order valence-electron chi connectivity index (χ0n) is 9.59. The lowest BCUT2D eigenvalue weighted by atomic mass is 9.86. The van der Waals surface area contributed by atoms with E-state index in [0.29, 0.717) is 5.75 Å². The topological polar surface area (TPSA) is 63.6 Å². The number of carbonyl (C=O) groups is 2. The van der Waals surface area contributed by atoms with Gasteiger partial charge in [0.15, 0.2) is 5.92 Å². The van der Waals surface area contributed by atoms with Crippen molar-refractivity contribution >= 4 is 23.7 Å². The zero-order valence-corrected chi connectivity index (χ0v) is 10.4. The molecule has 2 aliphatic rings. The molecule has 0 aliphatic carbocycles. The van der Waals surface area contributed by atoms with Crippen molar-refractivity contribution in [2.75, 3.05) is 5.75 Å². The number of benzene rings is 1. The molecule has 0 aromatic heterocycles. The fourth-order valence-electron chi connectivity index (χ4n) is 2.65. The minimum absolute atomic E-state index is 0.241. The molecule has 1 spiro atoms. The van der Waals surface area contributed by atoms with Crippen molar-refractivity contribution in [3.8, 4) is 0 Å². The van der Waals surface area contributed by atoms with Gasteiger partial charge >= 0.3 is 11.9 Å². The Morgan fingerprint density at radius 2 is 2.22 bits per heavy atom. The van der Waals surface area contributed by atoms with Gasteiger partial charge in [0.25, 0.3) is 0 Å². The number of carboxylic acid groups (broad SMARTS) is 1. The summed E-state index contributed by atoms with van der Waals surface area (Å²) in [5.41, 5.74) is 1.37. The fourth-order valence-corrected chi connectivity index (χ4v) is 3.89. The van der Waals surface area contributed by atoms with Crippen LogP contribution in [0.15, 0.2) is 24.3 Å². The molecule has 1 fully saturated rings. The van der Waals surface area contributed by atoms with Crippen LogP contribution in [0.3, 0.4) is 0 Å². The van der Waals surface area contributed by atoms with Crippen molar-refractivity contribution in [1.29, 1.82) is 0 Å². The summed E-state index contributed by atoms with van der Waals surface area (Å²) in [6.07, 6.45) is 0.241. The van der Waals surface area contributed by atoms with E-state index in [1.807, 2.05) is 24.3 Å².